The quantitative estimate of drug-likeness (QED) is 0.750. The largest absolute Gasteiger partial charge is 0.355 e. The normalized spacial score (nSPS) is 18.2. The van der Waals surface area contributed by atoms with Crippen LogP contribution in [0.3, 0.4) is 0 Å². The average Bonchev–Trinajstić information content (AvgIpc) is 2.24. The average molecular weight is 227 g/mol. The number of benzene rings is 1. The highest BCUT2D eigenvalue weighted by Crippen LogP contribution is 2.35. The Balaban J connectivity index is 2.10. The summed E-state index contributed by atoms with van der Waals surface area (Å²) in [6.45, 7) is 8.70. The number of para-hydroxylation sites is 1. The molecule has 1 aliphatic rings. The fourth-order valence-electron chi connectivity index (χ4n) is 2.55. The summed E-state index contributed by atoms with van der Waals surface area (Å²) in [6.07, 6.45) is 0. The number of rotatable bonds is 1. The topological polar surface area (TPSA) is 29.0 Å². The van der Waals surface area contributed by atoms with E-state index in [9.17, 15) is 0 Å². The molecule has 17 heavy (non-hydrogen) atoms. The van der Waals surface area contributed by atoms with Crippen molar-refractivity contribution >= 4 is 16.7 Å². The Bertz CT molecular complexity index is 567. The molecule has 2 heterocycles. The lowest BCUT2D eigenvalue weighted by molar-refractivity contribution is 0.275. The van der Waals surface area contributed by atoms with Crippen molar-refractivity contribution in [3.63, 3.8) is 0 Å². The fourth-order valence-corrected chi connectivity index (χ4v) is 2.55. The predicted molar refractivity (Wildman–Crippen MR) is 70.3 cm³/mol. The minimum atomic E-state index is 0.417. The number of aromatic nitrogens is 2. The van der Waals surface area contributed by atoms with Gasteiger partial charge in [0, 0.05) is 18.5 Å². The van der Waals surface area contributed by atoms with E-state index in [4.69, 9.17) is 0 Å². The van der Waals surface area contributed by atoms with Crippen molar-refractivity contribution in [1.29, 1.82) is 0 Å². The second-order valence-electron chi connectivity index (χ2n) is 5.63. The van der Waals surface area contributed by atoms with E-state index < -0.39 is 0 Å². The molecular formula is C14H17N3. The third kappa shape index (κ3) is 1.75. The molecule has 1 fully saturated rings. The molecule has 2 aromatic rings. The number of hydrogen-bond donors (Lipinski definition) is 0. The van der Waals surface area contributed by atoms with Crippen LogP contribution in [0.2, 0.25) is 0 Å². The standard InChI is InChI=1S/C14H17N3/c1-10-15-12-7-5-4-6-11(12)13(16-10)17-8-14(2,3)9-17/h4-7H,8-9H2,1-3H3. The summed E-state index contributed by atoms with van der Waals surface area (Å²) in [6, 6.07) is 8.24. The maximum atomic E-state index is 4.60. The van der Waals surface area contributed by atoms with Crippen LogP contribution in [0.4, 0.5) is 5.82 Å². The molecule has 0 aliphatic carbocycles. The van der Waals surface area contributed by atoms with E-state index >= 15 is 0 Å². The van der Waals surface area contributed by atoms with Crippen LogP contribution in [0, 0.1) is 12.3 Å². The molecule has 1 aromatic heterocycles. The van der Waals surface area contributed by atoms with Gasteiger partial charge < -0.3 is 4.90 Å². The first-order valence-electron chi connectivity index (χ1n) is 6.03. The van der Waals surface area contributed by atoms with E-state index in [1.54, 1.807) is 0 Å². The van der Waals surface area contributed by atoms with Gasteiger partial charge in [-0.05, 0) is 24.5 Å². The van der Waals surface area contributed by atoms with Gasteiger partial charge in [-0.3, -0.25) is 0 Å². The first-order valence-corrected chi connectivity index (χ1v) is 6.03. The molecule has 0 spiro atoms. The monoisotopic (exact) mass is 227 g/mol. The predicted octanol–water partition coefficient (Wildman–Crippen LogP) is 2.78. The molecule has 1 saturated heterocycles. The number of nitrogens with zero attached hydrogens (tertiary/aromatic N) is 3. The van der Waals surface area contributed by atoms with Gasteiger partial charge in [0.2, 0.25) is 0 Å². The molecule has 0 radical (unpaired) electrons. The molecule has 0 atom stereocenters. The Morgan fingerprint density at radius 1 is 1.12 bits per heavy atom. The van der Waals surface area contributed by atoms with E-state index in [2.05, 4.69) is 46.9 Å². The summed E-state index contributed by atoms with van der Waals surface area (Å²) in [5.74, 6) is 1.94. The van der Waals surface area contributed by atoms with Crippen LogP contribution in [-0.4, -0.2) is 23.1 Å². The van der Waals surface area contributed by atoms with Gasteiger partial charge in [0.15, 0.2) is 0 Å². The van der Waals surface area contributed by atoms with E-state index in [0.717, 1.165) is 35.6 Å². The van der Waals surface area contributed by atoms with Gasteiger partial charge >= 0.3 is 0 Å². The highest BCUT2D eigenvalue weighted by molar-refractivity contribution is 5.89. The Morgan fingerprint density at radius 3 is 2.53 bits per heavy atom. The van der Waals surface area contributed by atoms with Crippen LogP contribution in [0.25, 0.3) is 10.9 Å². The van der Waals surface area contributed by atoms with Crippen molar-refractivity contribution in [2.24, 2.45) is 5.41 Å². The van der Waals surface area contributed by atoms with Crippen LogP contribution in [0.5, 0.6) is 0 Å². The van der Waals surface area contributed by atoms with Crippen molar-refractivity contribution in [1.82, 2.24) is 9.97 Å². The zero-order valence-corrected chi connectivity index (χ0v) is 10.6. The molecule has 0 bridgehead atoms. The van der Waals surface area contributed by atoms with Crippen LogP contribution in [0.1, 0.15) is 19.7 Å². The molecule has 0 amide bonds. The molecule has 88 valence electrons. The molecular weight excluding hydrogens is 210 g/mol. The number of hydrogen-bond acceptors (Lipinski definition) is 3. The van der Waals surface area contributed by atoms with Gasteiger partial charge in [-0.15, -0.1) is 0 Å². The van der Waals surface area contributed by atoms with Gasteiger partial charge in [-0.2, -0.15) is 0 Å². The number of aryl methyl sites for hydroxylation is 1. The Hall–Kier alpha value is -1.64. The summed E-state index contributed by atoms with van der Waals surface area (Å²) < 4.78 is 0. The molecule has 1 aliphatic heterocycles. The summed E-state index contributed by atoms with van der Waals surface area (Å²) in [4.78, 5) is 11.4. The van der Waals surface area contributed by atoms with Crippen molar-refractivity contribution in [3.8, 4) is 0 Å². The first kappa shape index (κ1) is 10.5. The first-order chi connectivity index (χ1) is 8.05. The molecule has 3 rings (SSSR count). The maximum absolute atomic E-state index is 4.60. The summed E-state index contributed by atoms with van der Waals surface area (Å²) in [7, 11) is 0. The lowest BCUT2D eigenvalue weighted by Crippen LogP contribution is -2.53. The van der Waals surface area contributed by atoms with Crippen LogP contribution >= 0.6 is 0 Å². The fraction of sp³-hybridized carbons (Fsp3) is 0.429. The van der Waals surface area contributed by atoms with Crippen molar-refractivity contribution in [2.75, 3.05) is 18.0 Å². The second kappa shape index (κ2) is 3.42. The van der Waals surface area contributed by atoms with Gasteiger partial charge in [-0.1, -0.05) is 26.0 Å². The second-order valence-corrected chi connectivity index (χ2v) is 5.63. The highest BCUT2D eigenvalue weighted by Gasteiger charge is 2.35. The zero-order valence-electron chi connectivity index (χ0n) is 10.6. The molecule has 3 nitrogen and oxygen atoms in total. The van der Waals surface area contributed by atoms with Crippen LogP contribution in [-0.2, 0) is 0 Å². The summed E-state index contributed by atoms with van der Waals surface area (Å²) >= 11 is 0. The van der Waals surface area contributed by atoms with Crippen molar-refractivity contribution in [3.05, 3.63) is 30.1 Å². The van der Waals surface area contributed by atoms with Crippen molar-refractivity contribution in [2.45, 2.75) is 20.8 Å². The van der Waals surface area contributed by atoms with Crippen molar-refractivity contribution < 1.29 is 0 Å². The zero-order chi connectivity index (χ0) is 12.0. The minimum absolute atomic E-state index is 0.417. The molecule has 0 N–H and O–H groups in total. The van der Waals surface area contributed by atoms with E-state index in [-0.39, 0.29) is 0 Å². The Morgan fingerprint density at radius 2 is 1.82 bits per heavy atom. The van der Waals surface area contributed by atoms with E-state index in [1.165, 1.54) is 0 Å². The SMILES string of the molecule is Cc1nc(N2CC(C)(C)C2)c2ccccc2n1. The summed E-state index contributed by atoms with van der Waals surface area (Å²) in [5, 5.41) is 1.16. The molecule has 0 unspecified atom stereocenters. The molecule has 1 aromatic carbocycles. The third-order valence-electron chi connectivity index (χ3n) is 3.23. The minimum Gasteiger partial charge on any atom is -0.355 e. The number of anilines is 1. The van der Waals surface area contributed by atoms with E-state index in [0.29, 0.717) is 5.41 Å². The van der Waals surface area contributed by atoms with Gasteiger partial charge in [0.1, 0.15) is 11.6 Å². The lowest BCUT2D eigenvalue weighted by Gasteiger charge is -2.46. The third-order valence-corrected chi connectivity index (χ3v) is 3.23. The number of fused-ring (bicyclic) bond motifs is 1. The smallest absolute Gasteiger partial charge is 0.140 e. The van der Waals surface area contributed by atoms with Gasteiger partial charge in [-0.25, -0.2) is 9.97 Å². The maximum Gasteiger partial charge on any atom is 0.140 e. The molecule has 3 heteroatoms. The van der Waals surface area contributed by atoms with Crippen LogP contribution in [0.15, 0.2) is 24.3 Å². The van der Waals surface area contributed by atoms with Crippen LogP contribution < -0.4 is 4.90 Å². The lowest BCUT2D eigenvalue weighted by atomic mass is 9.84. The highest BCUT2D eigenvalue weighted by atomic mass is 15.3. The van der Waals surface area contributed by atoms with E-state index in [1.807, 2.05) is 13.0 Å². The van der Waals surface area contributed by atoms with Gasteiger partial charge in [0.05, 0.1) is 5.52 Å². The Kier molecular flexibility index (Phi) is 2.12. The van der Waals surface area contributed by atoms with Gasteiger partial charge in [0.25, 0.3) is 0 Å². The Labute approximate surface area is 101 Å². The summed E-state index contributed by atoms with van der Waals surface area (Å²) in [5.41, 5.74) is 1.46. The molecule has 0 saturated carbocycles.